The van der Waals surface area contributed by atoms with E-state index in [0.717, 1.165) is 6.42 Å². The first-order valence-corrected chi connectivity index (χ1v) is 6.03. The van der Waals surface area contributed by atoms with Gasteiger partial charge in [-0.3, -0.25) is 4.79 Å². The van der Waals surface area contributed by atoms with Crippen LogP contribution < -0.4 is 5.32 Å². The highest BCUT2D eigenvalue weighted by atomic mass is 16.5. The van der Waals surface area contributed by atoms with Crippen molar-refractivity contribution in [2.75, 3.05) is 13.7 Å². The molecule has 0 aromatic rings. The van der Waals surface area contributed by atoms with Gasteiger partial charge in [0.15, 0.2) is 0 Å². The fraction of sp³-hybridized carbons (Fsp3) is 0.769. The van der Waals surface area contributed by atoms with E-state index in [9.17, 15) is 4.79 Å². The molecule has 16 heavy (non-hydrogen) atoms. The van der Waals surface area contributed by atoms with E-state index in [1.54, 1.807) is 7.11 Å². The van der Waals surface area contributed by atoms with Crippen molar-refractivity contribution in [3.05, 3.63) is 12.2 Å². The van der Waals surface area contributed by atoms with E-state index < -0.39 is 0 Å². The molecule has 0 radical (unpaired) electrons. The summed E-state index contributed by atoms with van der Waals surface area (Å²) in [5, 5.41) is 3.00. The molecule has 3 unspecified atom stereocenters. The lowest BCUT2D eigenvalue weighted by atomic mass is 9.92. The summed E-state index contributed by atoms with van der Waals surface area (Å²) in [4.78, 5) is 12.0. The van der Waals surface area contributed by atoms with E-state index in [0.29, 0.717) is 18.4 Å². The Morgan fingerprint density at radius 1 is 1.44 bits per heavy atom. The number of carbonyl (C=O) groups is 1. The standard InChI is InChI=1S/C13H21NO2/c1-13(2,16-3)8-14-12(15)11-7-9-4-5-10(11)6-9/h4-5,9-11H,6-8H2,1-3H3,(H,14,15). The fourth-order valence-corrected chi connectivity index (χ4v) is 2.59. The molecule has 0 spiro atoms. The van der Waals surface area contributed by atoms with Crippen molar-refractivity contribution >= 4 is 5.91 Å². The third kappa shape index (κ3) is 2.29. The number of carbonyl (C=O) groups excluding carboxylic acids is 1. The molecule has 1 amide bonds. The Bertz CT molecular complexity index is 309. The molecule has 2 bridgehead atoms. The van der Waals surface area contributed by atoms with Gasteiger partial charge < -0.3 is 10.1 Å². The van der Waals surface area contributed by atoms with Crippen LogP contribution in [0.2, 0.25) is 0 Å². The van der Waals surface area contributed by atoms with E-state index in [1.165, 1.54) is 6.42 Å². The lowest BCUT2D eigenvalue weighted by Crippen LogP contribution is -2.42. The van der Waals surface area contributed by atoms with Gasteiger partial charge in [-0.1, -0.05) is 12.2 Å². The third-order valence-corrected chi connectivity index (χ3v) is 3.86. The van der Waals surface area contributed by atoms with Crippen LogP contribution in [0, 0.1) is 17.8 Å². The van der Waals surface area contributed by atoms with Crippen molar-refractivity contribution in [1.29, 1.82) is 0 Å². The van der Waals surface area contributed by atoms with E-state index in [2.05, 4.69) is 17.5 Å². The highest BCUT2D eigenvalue weighted by Gasteiger charge is 2.39. The van der Waals surface area contributed by atoms with E-state index in [4.69, 9.17) is 4.74 Å². The first-order chi connectivity index (χ1) is 7.52. The summed E-state index contributed by atoms with van der Waals surface area (Å²) in [5.41, 5.74) is -0.275. The maximum absolute atomic E-state index is 12.0. The number of hydrogen-bond donors (Lipinski definition) is 1. The van der Waals surface area contributed by atoms with Crippen LogP contribution >= 0.6 is 0 Å². The summed E-state index contributed by atoms with van der Waals surface area (Å²) < 4.78 is 5.28. The Morgan fingerprint density at radius 2 is 2.19 bits per heavy atom. The minimum atomic E-state index is -0.275. The first kappa shape index (κ1) is 11.6. The van der Waals surface area contributed by atoms with Crippen LogP contribution in [0.25, 0.3) is 0 Å². The minimum Gasteiger partial charge on any atom is -0.377 e. The maximum Gasteiger partial charge on any atom is 0.223 e. The largest absolute Gasteiger partial charge is 0.377 e. The number of fused-ring (bicyclic) bond motifs is 2. The second kappa shape index (κ2) is 4.21. The van der Waals surface area contributed by atoms with Gasteiger partial charge in [0.1, 0.15) is 0 Å². The monoisotopic (exact) mass is 223 g/mol. The number of allylic oxidation sites excluding steroid dienone is 2. The van der Waals surface area contributed by atoms with Crippen LogP contribution in [0.5, 0.6) is 0 Å². The summed E-state index contributed by atoms with van der Waals surface area (Å²) in [7, 11) is 1.67. The van der Waals surface area contributed by atoms with Crippen molar-refractivity contribution in [3.8, 4) is 0 Å². The molecule has 3 nitrogen and oxygen atoms in total. The molecule has 1 saturated carbocycles. The quantitative estimate of drug-likeness (QED) is 0.737. The minimum absolute atomic E-state index is 0.196. The lowest BCUT2D eigenvalue weighted by molar-refractivity contribution is -0.127. The van der Waals surface area contributed by atoms with Gasteiger partial charge in [0.2, 0.25) is 5.91 Å². The average molecular weight is 223 g/mol. The van der Waals surface area contributed by atoms with E-state index in [-0.39, 0.29) is 17.4 Å². The molecule has 2 rings (SSSR count). The normalized spacial score (nSPS) is 32.1. The predicted octanol–water partition coefficient (Wildman–Crippen LogP) is 1.74. The van der Waals surface area contributed by atoms with E-state index >= 15 is 0 Å². The van der Waals surface area contributed by atoms with Gasteiger partial charge in [-0.2, -0.15) is 0 Å². The van der Waals surface area contributed by atoms with Crippen molar-refractivity contribution < 1.29 is 9.53 Å². The van der Waals surface area contributed by atoms with Crippen molar-refractivity contribution in [2.24, 2.45) is 17.8 Å². The zero-order chi connectivity index (χ0) is 11.8. The molecule has 2 aliphatic carbocycles. The molecule has 2 aliphatic rings. The molecule has 1 fully saturated rings. The van der Waals surface area contributed by atoms with Gasteiger partial charge in [0.05, 0.1) is 5.60 Å². The molecule has 0 saturated heterocycles. The molecular formula is C13H21NO2. The van der Waals surface area contributed by atoms with Gasteiger partial charge >= 0.3 is 0 Å². The molecule has 90 valence electrons. The molecule has 3 atom stereocenters. The Kier molecular flexibility index (Phi) is 3.06. The number of methoxy groups -OCH3 is 1. The smallest absolute Gasteiger partial charge is 0.223 e. The first-order valence-electron chi connectivity index (χ1n) is 6.03. The Balaban J connectivity index is 1.83. The third-order valence-electron chi connectivity index (χ3n) is 3.86. The predicted molar refractivity (Wildman–Crippen MR) is 62.9 cm³/mol. The maximum atomic E-state index is 12.0. The summed E-state index contributed by atoms with van der Waals surface area (Å²) in [5.74, 6) is 1.52. The lowest BCUT2D eigenvalue weighted by Gasteiger charge is -2.25. The Hall–Kier alpha value is -0.830. The second-order valence-electron chi connectivity index (χ2n) is 5.57. The highest BCUT2D eigenvalue weighted by molar-refractivity contribution is 5.80. The molecule has 0 aromatic heterocycles. The molecule has 3 heteroatoms. The highest BCUT2D eigenvalue weighted by Crippen LogP contribution is 2.43. The van der Waals surface area contributed by atoms with Gasteiger partial charge in [-0.15, -0.1) is 0 Å². The fourth-order valence-electron chi connectivity index (χ4n) is 2.59. The van der Waals surface area contributed by atoms with Crippen LogP contribution in [0.3, 0.4) is 0 Å². The molecule has 0 heterocycles. The number of hydrogen-bond acceptors (Lipinski definition) is 2. The molecule has 1 N–H and O–H groups in total. The summed E-state index contributed by atoms with van der Waals surface area (Å²) in [6, 6.07) is 0. The Labute approximate surface area is 97.2 Å². The Morgan fingerprint density at radius 3 is 2.69 bits per heavy atom. The van der Waals surface area contributed by atoms with Crippen LogP contribution in [-0.2, 0) is 9.53 Å². The van der Waals surface area contributed by atoms with Gasteiger partial charge in [-0.05, 0) is 38.5 Å². The molecule has 0 aromatic carbocycles. The summed E-state index contributed by atoms with van der Waals surface area (Å²) >= 11 is 0. The van der Waals surface area contributed by atoms with Crippen LogP contribution in [0.4, 0.5) is 0 Å². The number of ether oxygens (including phenoxy) is 1. The summed E-state index contributed by atoms with van der Waals surface area (Å²) in [6.45, 7) is 4.54. The van der Waals surface area contributed by atoms with Crippen molar-refractivity contribution in [3.63, 3.8) is 0 Å². The second-order valence-corrected chi connectivity index (χ2v) is 5.57. The van der Waals surface area contributed by atoms with Crippen LogP contribution in [0.1, 0.15) is 26.7 Å². The van der Waals surface area contributed by atoms with Crippen LogP contribution in [-0.4, -0.2) is 25.2 Å². The number of nitrogens with one attached hydrogen (secondary N) is 1. The van der Waals surface area contributed by atoms with Gasteiger partial charge in [0, 0.05) is 19.6 Å². The average Bonchev–Trinajstić information content (AvgIpc) is 2.87. The summed E-state index contributed by atoms with van der Waals surface area (Å²) in [6.07, 6.45) is 6.67. The SMILES string of the molecule is COC(C)(C)CNC(=O)C1CC2C=CC1C2. The van der Waals surface area contributed by atoms with E-state index in [1.807, 2.05) is 13.8 Å². The zero-order valence-electron chi connectivity index (χ0n) is 10.3. The van der Waals surface area contributed by atoms with Gasteiger partial charge in [0.25, 0.3) is 0 Å². The number of rotatable bonds is 4. The van der Waals surface area contributed by atoms with Crippen LogP contribution in [0.15, 0.2) is 12.2 Å². The van der Waals surface area contributed by atoms with Crippen molar-refractivity contribution in [2.45, 2.75) is 32.3 Å². The topological polar surface area (TPSA) is 38.3 Å². The molecule has 0 aliphatic heterocycles. The van der Waals surface area contributed by atoms with Crippen molar-refractivity contribution in [1.82, 2.24) is 5.32 Å². The number of amides is 1. The van der Waals surface area contributed by atoms with Gasteiger partial charge in [-0.25, -0.2) is 0 Å². The zero-order valence-corrected chi connectivity index (χ0v) is 10.3. The molecular weight excluding hydrogens is 202 g/mol.